The van der Waals surface area contributed by atoms with Gasteiger partial charge in [0.05, 0.1) is 10.6 Å². The first-order valence-electron chi connectivity index (χ1n) is 5.13. The summed E-state index contributed by atoms with van der Waals surface area (Å²) in [5.74, 6) is -0.965. The van der Waals surface area contributed by atoms with E-state index in [2.05, 4.69) is 21.2 Å². The minimum atomic E-state index is -0.665. The van der Waals surface area contributed by atoms with Crippen molar-refractivity contribution in [2.45, 2.75) is 0 Å². The number of furan rings is 1. The van der Waals surface area contributed by atoms with Crippen molar-refractivity contribution in [2.24, 2.45) is 5.73 Å². The summed E-state index contributed by atoms with van der Waals surface area (Å²) in [4.78, 5) is 23.0. The van der Waals surface area contributed by atoms with Crippen molar-refractivity contribution in [1.82, 2.24) is 0 Å². The van der Waals surface area contributed by atoms with Gasteiger partial charge in [-0.15, -0.1) is 0 Å². The summed E-state index contributed by atoms with van der Waals surface area (Å²) in [5.41, 5.74) is 5.71. The number of nitrogens with one attached hydrogen (secondary N) is 1. The van der Waals surface area contributed by atoms with Crippen LogP contribution in [0.2, 0.25) is 5.02 Å². The van der Waals surface area contributed by atoms with E-state index in [1.54, 1.807) is 12.1 Å². The van der Waals surface area contributed by atoms with Gasteiger partial charge >= 0.3 is 0 Å². The van der Waals surface area contributed by atoms with Crippen molar-refractivity contribution in [3.63, 3.8) is 0 Å². The summed E-state index contributed by atoms with van der Waals surface area (Å²) >= 11 is 8.91. The summed E-state index contributed by atoms with van der Waals surface area (Å²) < 4.78 is 5.56. The summed E-state index contributed by atoms with van der Waals surface area (Å²) in [6.45, 7) is 0. The predicted molar refractivity (Wildman–Crippen MR) is 74.3 cm³/mol. The topological polar surface area (TPSA) is 85.3 Å². The molecule has 5 nitrogen and oxygen atoms in total. The van der Waals surface area contributed by atoms with E-state index >= 15 is 0 Å². The molecular formula is C12H8BrClN2O3. The Morgan fingerprint density at radius 2 is 2.00 bits per heavy atom. The van der Waals surface area contributed by atoms with Crippen LogP contribution in [0.25, 0.3) is 0 Å². The van der Waals surface area contributed by atoms with Crippen LogP contribution in [0.4, 0.5) is 5.69 Å². The molecular weight excluding hydrogens is 336 g/mol. The highest BCUT2D eigenvalue weighted by Crippen LogP contribution is 2.21. The van der Waals surface area contributed by atoms with Crippen molar-refractivity contribution in [1.29, 1.82) is 0 Å². The largest absolute Gasteiger partial charge is 0.444 e. The van der Waals surface area contributed by atoms with Gasteiger partial charge in [-0.25, -0.2) is 0 Å². The first-order valence-corrected chi connectivity index (χ1v) is 6.30. The lowest BCUT2D eigenvalue weighted by Crippen LogP contribution is -2.14. The van der Waals surface area contributed by atoms with Crippen molar-refractivity contribution >= 4 is 45.0 Å². The number of carbonyl (C=O) groups is 2. The van der Waals surface area contributed by atoms with Crippen LogP contribution in [0.15, 0.2) is 39.4 Å². The Hall–Kier alpha value is -1.79. The summed E-state index contributed by atoms with van der Waals surface area (Å²) in [6, 6.07) is 7.57. The average Bonchev–Trinajstić information content (AvgIpc) is 2.78. The Morgan fingerprint density at radius 1 is 1.26 bits per heavy atom. The molecule has 2 rings (SSSR count). The fraction of sp³-hybridized carbons (Fsp3) is 0. The van der Waals surface area contributed by atoms with Crippen molar-refractivity contribution in [3.8, 4) is 0 Å². The number of amides is 2. The molecule has 0 fully saturated rings. The molecule has 19 heavy (non-hydrogen) atoms. The molecule has 0 atom stereocenters. The molecule has 0 radical (unpaired) electrons. The minimum Gasteiger partial charge on any atom is -0.444 e. The first-order chi connectivity index (χ1) is 8.97. The molecule has 2 amide bonds. The molecule has 3 N–H and O–H groups in total. The fourth-order valence-electron chi connectivity index (χ4n) is 1.42. The number of anilines is 1. The van der Waals surface area contributed by atoms with Crippen molar-refractivity contribution in [3.05, 3.63) is 51.3 Å². The van der Waals surface area contributed by atoms with Gasteiger partial charge in [0.25, 0.3) is 5.91 Å². The van der Waals surface area contributed by atoms with Crippen LogP contribution in [0.1, 0.15) is 20.9 Å². The van der Waals surface area contributed by atoms with Crippen LogP contribution in [-0.2, 0) is 0 Å². The third-order valence-electron chi connectivity index (χ3n) is 2.29. The number of halogens is 2. The van der Waals surface area contributed by atoms with Gasteiger partial charge in [0, 0.05) is 5.69 Å². The Kier molecular flexibility index (Phi) is 3.92. The Balaban J connectivity index is 2.22. The lowest BCUT2D eigenvalue weighted by atomic mass is 10.2. The third-order valence-corrected chi connectivity index (χ3v) is 3.04. The van der Waals surface area contributed by atoms with E-state index in [1.165, 1.54) is 18.2 Å². The molecule has 0 aliphatic heterocycles. The van der Waals surface area contributed by atoms with E-state index in [0.29, 0.717) is 10.4 Å². The van der Waals surface area contributed by atoms with E-state index in [-0.39, 0.29) is 16.3 Å². The first kappa shape index (κ1) is 13.6. The molecule has 1 aromatic carbocycles. The van der Waals surface area contributed by atoms with Crippen LogP contribution in [0, 0.1) is 0 Å². The maximum atomic E-state index is 11.8. The Labute approximate surface area is 121 Å². The van der Waals surface area contributed by atoms with Gasteiger partial charge in [-0.05, 0) is 46.3 Å². The van der Waals surface area contributed by atoms with E-state index in [1.807, 2.05) is 0 Å². The maximum Gasteiger partial charge on any atom is 0.291 e. The summed E-state index contributed by atoms with van der Waals surface area (Å²) in [7, 11) is 0. The van der Waals surface area contributed by atoms with Crippen LogP contribution in [-0.4, -0.2) is 11.8 Å². The molecule has 0 saturated heterocycles. The number of rotatable bonds is 3. The Bertz CT molecular complexity index is 654. The highest BCUT2D eigenvalue weighted by Gasteiger charge is 2.13. The lowest BCUT2D eigenvalue weighted by Gasteiger charge is -2.06. The molecule has 1 aromatic heterocycles. The van der Waals surface area contributed by atoms with E-state index in [9.17, 15) is 9.59 Å². The van der Waals surface area contributed by atoms with Crippen molar-refractivity contribution < 1.29 is 14.0 Å². The smallest absolute Gasteiger partial charge is 0.291 e. The van der Waals surface area contributed by atoms with Crippen LogP contribution >= 0.6 is 27.5 Å². The monoisotopic (exact) mass is 342 g/mol. The molecule has 1 heterocycles. The SMILES string of the molecule is NC(=O)c1cc(NC(=O)c2ccc(Br)o2)ccc1Cl. The summed E-state index contributed by atoms with van der Waals surface area (Å²) in [6.07, 6.45) is 0. The minimum absolute atomic E-state index is 0.139. The highest BCUT2D eigenvalue weighted by molar-refractivity contribution is 9.10. The average molecular weight is 344 g/mol. The van der Waals surface area contributed by atoms with Gasteiger partial charge in [0.15, 0.2) is 10.4 Å². The van der Waals surface area contributed by atoms with Gasteiger partial charge < -0.3 is 15.5 Å². The number of hydrogen-bond acceptors (Lipinski definition) is 3. The number of carbonyl (C=O) groups excluding carboxylic acids is 2. The predicted octanol–water partition coefficient (Wildman–Crippen LogP) is 3.05. The van der Waals surface area contributed by atoms with Crippen LogP contribution < -0.4 is 11.1 Å². The molecule has 0 spiro atoms. The van der Waals surface area contributed by atoms with Gasteiger partial charge in [-0.1, -0.05) is 11.6 Å². The van der Waals surface area contributed by atoms with E-state index in [4.69, 9.17) is 21.8 Å². The quantitative estimate of drug-likeness (QED) is 0.898. The molecule has 7 heteroatoms. The molecule has 0 bridgehead atoms. The standard InChI is InChI=1S/C12H8BrClN2O3/c13-10-4-3-9(19-10)12(18)16-6-1-2-8(14)7(5-6)11(15)17/h1-5H,(H2,15,17)(H,16,18). The molecule has 2 aromatic rings. The zero-order valence-electron chi connectivity index (χ0n) is 9.44. The third kappa shape index (κ3) is 3.15. The van der Waals surface area contributed by atoms with Crippen molar-refractivity contribution in [2.75, 3.05) is 5.32 Å². The molecule has 0 unspecified atom stereocenters. The zero-order chi connectivity index (χ0) is 14.0. The number of hydrogen-bond donors (Lipinski definition) is 2. The van der Waals surface area contributed by atoms with Crippen LogP contribution in [0.3, 0.4) is 0 Å². The fourth-order valence-corrected chi connectivity index (χ4v) is 1.94. The molecule has 0 saturated carbocycles. The lowest BCUT2D eigenvalue weighted by molar-refractivity contribution is 0.0987. The molecule has 98 valence electrons. The van der Waals surface area contributed by atoms with Crippen LogP contribution in [0.5, 0.6) is 0 Å². The second-order valence-electron chi connectivity index (χ2n) is 3.62. The number of nitrogens with two attached hydrogens (primary N) is 1. The normalized spacial score (nSPS) is 10.2. The second kappa shape index (κ2) is 5.46. The second-order valence-corrected chi connectivity index (χ2v) is 4.81. The summed E-state index contributed by atoms with van der Waals surface area (Å²) in [5, 5.41) is 2.80. The van der Waals surface area contributed by atoms with Gasteiger partial charge in [-0.3, -0.25) is 9.59 Å². The van der Waals surface area contributed by atoms with Gasteiger partial charge in [-0.2, -0.15) is 0 Å². The zero-order valence-corrected chi connectivity index (χ0v) is 11.8. The number of primary amides is 1. The Morgan fingerprint density at radius 3 is 2.58 bits per heavy atom. The molecule has 0 aliphatic carbocycles. The van der Waals surface area contributed by atoms with Gasteiger partial charge in [0.1, 0.15) is 0 Å². The van der Waals surface area contributed by atoms with E-state index in [0.717, 1.165) is 0 Å². The maximum absolute atomic E-state index is 11.8. The number of benzene rings is 1. The highest BCUT2D eigenvalue weighted by atomic mass is 79.9. The molecule has 0 aliphatic rings. The van der Waals surface area contributed by atoms with Gasteiger partial charge in [0.2, 0.25) is 5.91 Å². The van der Waals surface area contributed by atoms with E-state index < -0.39 is 11.8 Å².